The minimum Gasteiger partial charge on any atom is -0.496 e. The van der Waals surface area contributed by atoms with Gasteiger partial charge in [0.15, 0.2) is 28.9 Å². The zero-order chi connectivity index (χ0) is 22.5. The van der Waals surface area contributed by atoms with E-state index >= 15 is 0 Å². The first-order valence-electron chi connectivity index (χ1n) is 9.15. The van der Waals surface area contributed by atoms with Crippen molar-refractivity contribution in [3.05, 3.63) is 52.8 Å². The maximum Gasteiger partial charge on any atom is 0.204 e. The van der Waals surface area contributed by atoms with Gasteiger partial charge in [-0.3, -0.25) is 9.59 Å². The highest BCUT2D eigenvalue weighted by atomic mass is 32.2. The molecule has 6 nitrogen and oxygen atoms in total. The van der Waals surface area contributed by atoms with Crippen molar-refractivity contribution < 1.29 is 41.7 Å². The zero-order valence-corrected chi connectivity index (χ0v) is 17.5. The molecule has 1 aliphatic heterocycles. The van der Waals surface area contributed by atoms with Crippen LogP contribution >= 0.6 is 11.8 Å². The average Bonchev–Trinajstić information content (AvgIpc) is 3.08. The number of Topliss-reactive ketones (excluding diaryl/α,β-unsaturated/α-hetero) is 1. The van der Waals surface area contributed by atoms with Gasteiger partial charge in [0, 0.05) is 18.7 Å². The molecule has 166 valence electrons. The number of hydrogen-bond acceptors (Lipinski definition) is 7. The maximum absolute atomic E-state index is 14.7. The number of carbonyl (C=O) groups is 2. The summed E-state index contributed by atoms with van der Waals surface area (Å²) in [6.07, 6.45) is 0. The molecule has 0 aromatic heterocycles. The molecule has 0 spiro atoms. The summed E-state index contributed by atoms with van der Waals surface area (Å²) in [4.78, 5) is 24.2. The van der Waals surface area contributed by atoms with E-state index < -0.39 is 40.9 Å². The van der Waals surface area contributed by atoms with Gasteiger partial charge in [0.1, 0.15) is 30.7 Å². The monoisotopic (exact) mass is 456 g/mol. The van der Waals surface area contributed by atoms with Crippen molar-refractivity contribution in [2.24, 2.45) is 0 Å². The third-order valence-electron chi connectivity index (χ3n) is 4.58. The fourth-order valence-electron chi connectivity index (χ4n) is 3.02. The van der Waals surface area contributed by atoms with E-state index in [1.165, 1.54) is 26.4 Å². The van der Waals surface area contributed by atoms with Crippen LogP contribution in [0.4, 0.5) is 13.2 Å². The summed E-state index contributed by atoms with van der Waals surface area (Å²) in [5.74, 6) is -4.82. The Labute approximate surface area is 180 Å². The molecular weight excluding hydrogens is 437 g/mol. The molecule has 0 radical (unpaired) electrons. The summed E-state index contributed by atoms with van der Waals surface area (Å²) < 4.78 is 63.7. The Morgan fingerprint density at radius 3 is 2.35 bits per heavy atom. The van der Waals surface area contributed by atoms with Gasteiger partial charge in [-0.25, -0.2) is 13.2 Å². The van der Waals surface area contributed by atoms with Gasteiger partial charge in [-0.1, -0.05) is 11.8 Å². The van der Waals surface area contributed by atoms with Crippen molar-refractivity contribution in [1.82, 2.24) is 0 Å². The van der Waals surface area contributed by atoms with Gasteiger partial charge in [-0.15, -0.1) is 0 Å². The molecule has 0 N–H and O–H groups in total. The Morgan fingerprint density at radius 1 is 0.968 bits per heavy atom. The van der Waals surface area contributed by atoms with E-state index in [1.54, 1.807) is 0 Å². The summed E-state index contributed by atoms with van der Waals surface area (Å²) >= 11 is 0.811. The van der Waals surface area contributed by atoms with Crippen molar-refractivity contribution in [2.45, 2.75) is 12.5 Å². The van der Waals surface area contributed by atoms with Gasteiger partial charge in [0.2, 0.25) is 5.12 Å². The molecule has 31 heavy (non-hydrogen) atoms. The number of thioether (sulfide) groups is 1. The van der Waals surface area contributed by atoms with Crippen LogP contribution in [0.3, 0.4) is 0 Å². The molecule has 1 heterocycles. The van der Waals surface area contributed by atoms with Gasteiger partial charge in [0.25, 0.3) is 0 Å². The van der Waals surface area contributed by atoms with Crippen LogP contribution in [0.25, 0.3) is 0 Å². The van der Waals surface area contributed by atoms with Crippen molar-refractivity contribution >= 4 is 22.7 Å². The second-order valence-corrected chi connectivity index (χ2v) is 7.48. The van der Waals surface area contributed by atoms with Crippen molar-refractivity contribution in [1.29, 1.82) is 0 Å². The fourth-order valence-corrected chi connectivity index (χ4v) is 3.90. The molecule has 1 atom stereocenters. The lowest BCUT2D eigenvalue weighted by Gasteiger charge is -2.17. The van der Waals surface area contributed by atoms with Crippen molar-refractivity contribution in [3.8, 4) is 17.2 Å². The largest absolute Gasteiger partial charge is 0.496 e. The molecule has 0 amide bonds. The first-order valence-corrected chi connectivity index (χ1v) is 10.1. The molecule has 0 saturated carbocycles. The Balaban J connectivity index is 1.96. The molecule has 3 rings (SSSR count). The van der Waals surface area contributed by atoms with Crippen LogP contribution in [0.1, 0.15) is 17.0 Å². The molecule has 1 aliphatic rings. The summed E-state index contributed by atoms with van der Waals surface area (Å²) in [6.45, 7) is -0.217. The number of methoxy groups -OCH3 is 2. The van der Waals surface area contributed by atoms with E-state index in [9.17, 15) is 22.8 Å². The summed E-state index contributed by atoms with van der Waals surface area (Å²) in [5, 5.41) is -0.472. The van der Waals surface area contributed by atoms with E-state index in [4.69, 9.17) is 18.9 Å². The van der Waals surface area contributed by atoms with E-state index in [1.807, 2.05) is 0 Å². The molecule has 1 saturated heterocycles. The molecule has 2 aromatic rings. The Morgan fingerprint density at radius 2 is 1.71 bits per heavy atom. The molecule has 10 heteroatoms. The number of ether oxygens (including phenoxy) is 4. The number of ketones is 1. The number of hydrogen-bond donors (Lipinski definition) is 0. The standard InChI is InChI=1S/C21H19F3O6S/c1-27-5-6-29-18-8-14(23)11(19-15(25)10-31-21(19)26)7-17(18)30-9-12-16(28-2)4-3-13(22)20(12)24/h3-4,7-8,19H,5-6,9-10H2,1-2H3. The van der Waals surface area contributed by atoms with Crippen molar-refractivity contribution in [3.63, 3.8) is 0 Å². The maximum atomic E-state index is 14.7. The van der Waals surface area contributed by atoms with E-state index in [-0.39, 0.29) is 47.3 Å². The van der Waals surface area contributed by atoms with Crippen molar-refractivity contribution in [2.75, 3.05) is 33.2 Å². The van der Waals surface area contributed by atoms with Crippen LogP contribution in [0.15, 0.2) is 24.3 Å². The van der Waals surface area contributed by atoms with Gasteiger partial charge < -0.3 is 18.9 Å². The summed E-state index contributed by atoms with van der Waals surface area (Å²) in [5.41, 5.74) is -0.361. The lowest BCUT2D eigenvalue weighted by atomic mass is 9.96. The van der Waals surface area contributed by atoms with E-state index in [2.05, 4.69) is 0 Å². The molecular formula is C21H19F3O6S. The molecule has 1 unspecified atom stereocenters. The van der Waals surface area contributed by atoms with Gasteiger partial charge in [-0.05, 0) is 18.2 Å². The quantitative estimate of drug-likeness (QED) is 0.421. The van der Waals surface area contributed by atoms with Crippen LogP contribution in [0.2, 0.25) is 0 Å². The van der Waals surface area contributed by atoms with Gasteiger partial charge in [0.05, 0.1) is 25.0 Å². The first kappa shape index (κ1) is 23.0. The smallest absolute Gasteiger partial charge is 0.204 e. The fraction of sp³-hybridized carbons (Fsp3) is 0.333. The van der Waals surface area contributed by atoms with Gasteiger partial charge >= 0.3 is 0 Å². The SMILES string of the molecule is COCCOc1cc(F)c(C2C(=O)CSC2=O)cc1OCc1c(OC)ccc(F)c1F. The van der Waals surface area contributed by atoms with Crippen LogP contribution in [0.5, 0.6) is 17.2 Å². The summed E-state index contributed by atoms with van der Waals surface area (Å²) in [6, 6.07) is 4.33. The van der Waals surface area contributed by atoms with Crippen LogP contribution in [-0.2, 0) is 20.9 Å². The second-order valence-electron chi connectivity index (χ2n) is 6.50. The predicted molar refractivity (Wildman–Crippen MR) is 106 cm³/mol. The Kier molecular flexibility index (Phi) is 7.45. The number of carbonyl (C=O) groups excluding carboxylic acids is 2. The minimum absolute atomic E-state index is 0.0420. The number of rotatable bonds is 9. The lowest BCUT2D eigenvalue weighted by Crippen LogP contribution is -2.15. The topological polar surface area (TPSA) is 71.1 Å². The zero-order valence-electron chi connectivity index (χ0n) is 16.7. The second kappa shape index (κ2) is 10.1. The minimum atomic E-state index is -1.26. The average molecular weight is 456 g/mol. The third kappa shape index (κ3) is 4.96. The Bertz CT molecular complexity index is 982. The highest BCUT2D eigenvalue weighted by molar-refractivity contribution is 8.15. The van der Waals surface area contributed by atoms with Gasteiger partial charge in [-0.2, -0.15) is 0 Å². The molecule has 1 fully saturated rings. The normalized spacial score (nSPS) is 16.0. The summed E-state index contributed by atoms with van der Waals surface area (Å²) in [7, 11) is 2.75. The Hall–Kier alpha value is -2.72. The number of halogens is 3. The number of benzene rings is 2. The first-order chi connectivity index (χ1) is 14.9. The van der Waals surface area contributed by atoms with Crippen LogP contribution in [0, 0.1) is 17.5 Å². The molecule has 0 aliphatic carbocycles. The lowest BCUT2D eigenvalue weighted by molar-refractivity contribution is -0.122. The molecule has 0 bridgehead atoms. The predicted octanol–water partition coefficient (Wildman–Crippen LogP) is 3.64. The van der Waals surface area contributed by atoms with Crippen LogP contribution in [-0.4, -0.2) is 44.1 Å². The molecule has 2 aromatic carbocycles. The van der Waals surface area contributed by atoms with Crippen LogP contribution < -0.4 is 14.2 Å². The highest BCUT2D eigenvalue weighted by Gasteiger charge is 2.37. The third-order valence-corrected chi connectivity index (χ3v) is 5.53. The van der Waals surface area contributed by atoms with E-state index in [0.717, 1.165) is 23.9 Å². The van der Waals surface area contributed by atoms with E-state index in [0.29, 0.717) is 0 Å². The highest BCUT2D eigenvalue weighted by Crippen LogP contribution is 2.39.